The summed E-state index contributed by atoms with van der Waals surface area (Å²) in [5.41, 5.74) is 2.20. The van der Waals surface area contributed by atoms with Gasteiger partial charge in [-0.2, -0.15) is 5.10 Å². The molecule has 0 aliphatic carbocycles. The predicted molar refractivity (Wildman–Crippen MR) is 72.0 cm³/mol. The lowest BCUT2D eigenvalue weighted by molar-refractivity contribution is -0.139. The van der Waals surface area contributed by atoms with Gasteiger partial charge in [-0.3, -0.25) is 9.48 Å². The summed E-state index contributed by atoms with van der Waals surface area (Å²) in [5.74, 6) is -0.652. The minimum Gasteiger partial charge on any atom is -0.469 e. The second kappa shape index (κ2) is 5.52. The van der Waals surface area contributed by atoms with Crippen molar-refractivity contribution in [2.24, 2.45) is 7.05 Å². The Hall–Kier alpha value is -1.69. The molecular weight excluding hydrogens is 315 g/mol. The first-order chi connectivity index (χ1) is 9.02. The van der Waals surface area contributed by atoms with Crippen LogP contribution in [0.2, 0.25) is 0 Å². The number of carbonyl (C=O) groups is 1. The van der Waals surface area contributed by atoms with Crippen LogP contribution in [0.15, 0.2) is 28.7 Å². The van der Waals surface area contributed by atoms with E-state index in [9.17, 15) is 9.18 Å². The SMILES string of the molecule is COC(=O)Cc1nn(C)c(-c2ccc(F)cc2)c1Br. The zero-order chi connectivity index (χ0) is 14.0. The standard InChI is InChI=1S/C13H12BrFN2O2/c1-17-13(8-3-5-9(15)6-4-8)12(14)10(16-17)7-11(18)19-2/h3-6H,7H2,1-2H3. The summed E-state index contributed by atoms with van der Waals surface area (Å²) >= 11 is 3.43. The van der Waals surface area contributed by atoms with Crippen molar-refractivity contribution in [2.75, 3.05) is 7.11 Å². The Morgan fingerprint density at radius 2 is 2.05 bits per heavy atom. The molecule has 0 unspecified atom stereocenters. The van der Waals surface area contributed by atoms with Crippen molar-refractivity contribution in [3.05, 3.63) is 40.2 Å². The fraction of sp³-hybridized carbons (Fsp3) is 0.231. The van der Waals surface area contributed by atoms with Crippen LogP contribution in [0.3, 0.4) is 0 Å². The van der Waals surface area contributed by atoms with Crippen LogP contribution in [0.4, 0.5) is 4.39 Å². The largest absolute Gasteiger partial charge is 0.469 e. The van der Waals surface area contributed by atoms with E-state index in [2.05, 4.69) is 25.8 Å². The smallest absolute Gasteiger partial charge is 0.311 e. The third kappa shape index (κ3) is 2.84. The first-order valence-corrected chi connectivity index (χ1v) is 6.36. The molecule has 19 heavy (non-hydrogen) atoms. The minimum atomic E-state index is -0.357. The lowest BCUT2D eigenvalue weighted by Crippen LogP contribution is -2.05. The maximum absolute atomic E-state index is 12.9. The normalized spacial score (nSPS) is 10.5. The van der Waals surface area contributed by atoms with Crippen LogP contribution >= 0.6 is 15.9 Å². The Kier molecular flexibility index (Phi) is 3.99. The molecule has 0 bridgehead atoms. The molecule has 0 aliphatic heterocycles. The molecule has 0 saturated heterocycles. The van der Waals surface area contributed by atoms with Crippen molar-refractivity contribution in [3.63, 3.8) is 0 Å². The molecule has 0 radical (unpaired) electrons. The quantitative estimate of drug-likeness (QED) is 0.814. The Morgan fingerprint density at radius 1 is 1.42 bits per heavy atom. The molecule has 0 saturated carbocycles. The van der Waals surface area contributed by atoms with Gasteiger partial charge >= 0.3 is 5.97 Å². The number of esters is 1. The lowest BCUT2D eigenvalue weighted by Gasteiger charge is -2.02. The van der Waals surface area contributed by atoms with Gasteiger partial charge in [0.05, 0.1) is 29.4 Å². The van der Waals surface area contributed by atoms with Crippen LogP contribution in [0.25, 0.3) is 11.3 Å². The average Bonchev–Trinajstić information content (AvgIpc) is 2.66. The van der Waals surface area contributed by atoms with Crippen molar-refractivity contribution in [1.29, 1.82) is 0 Å². The number of ether oxygens (including phenoxy) is 1. The van der Waals surface area contributed by atoms with Crippen LogP contribution in [0.5, 0.6) is 0 Å². The molecule has 0 atom stereocenters. The number of carbonyl (C=O) groups excluding carboxylic acids is 1. The molecule has 6 heteroatoms. The lowest BCUT2D eigenvalue weighted by atomic mass is 10.1. The van der Waals surface area contributed by atoms with Crippen LogP contribution in [-0.2, 0) is 23.0 Å². The number of hydrogen-bond donors (Lipinski definition) is 0. The van der Waals surface area contributed by atoms with Crippen molar-refractivity contribution < 1.29 is 13.9 Å². The second-order valence-electron chi connectivity index (χ2n) is 3.99. The summed E-state index contributed by atoms with van der Waals surface area (Å²) in [7, 11) is 3.10. The number of aromatic nitrogens is 2. The maximum Gasteiger partial charge on any atom is 0.311 e. The number of rotatable bonds is 3. The predicted octanol–water partition coefficient (Wildman–Crippen LogP) is 2.70. The van der Waals surface area contributed by atoms with Gasteiger partial charge in [0.15, 0.2) is 0 Å². The fourth-order valence-electron chi connectivity index (χ4n) is 1.80. The van der Waals surface area contributed by atoms with Gasteiger partial charge in [-0.05, 0) is 40.2 Å². The molecule has 0 amide bonds. The third-order valence-corrected chi connectivity index (χ3v) is 3.55. The molecule has 1 aromatic carbocycles. The number of benzene rings is 1. The van der Waals surface area contributed by atoms with E-state index in [0.29, 0.717) is 10.2 Å². The molecule has 0 aliphatic rings. The van der Waals surface area contributed by atoms with Crippen LogP contribution in [0.1, 0.15) is 5.69 Å². The molecule has 1 heterocycles. The van der Waals surface area contributed by atoms with E-state index in [1.54, 1.807) is 23.9 Å². The van der Waals surface area contributed by atoms with Gasteiger partial charge in [-0.15, -0.1) is 0 Å². The molecular formula is C13H12BrFN2O2. The van der Waals surface area contributed by atoms with E-state index in [4.69, 9.17) is 0 Å². The van der Waals surface area contributed by atoms with Gasteiger partial charge in [0.1, 0.15) is 5.82 Å². The van der Waals surface area contributed by atoms with Crippen molar-refractivity contribution in [2.45, 2.75) is 6.42 Å². The van der Waals surface area contributed by atoms with Crippen LogP contribution in [-0.4, -0.2) is 22.9 Å². The number of aryl methyl sites for hydroxylation is 1. The van der Waals surface area contributed by atoms with E-state index < -0.39 is 0 Å². The maximum atomic E-state index is 12.9. The highest BCUT2D eigenvalue weighted by molar-refractivity contribution is 9.10. The number of halogens is 2. The van der Waals surface area contributed by atoms with Crippen molar-refractivity contribution in [3.8, 4) is 11.3 Å². The van der Waals surface area contributed by atoms with E-state index >= 15 is 0 Å². The van der Waals surface area contributed by atoms with E-state index in [1.165, 1.54) is 19.2 Å². The highest BCUT2D eigenvalue weighted by atomic mass is 79.9. The highest BCUT2D eigenvalue weighted by Gasteiger charge is 2.18. The number of nitrogens with zero attached hydrogens (tertiary/aromatic N) is 2. The average molecular weight is 327 g/mol. The fourth-order valence-corrected chi connectivity index (χ4v) is 2.50. The Bertz CT molecular complexity index is 608. The van der Waals surface area contributed by atoms with Crippen molar-refractivity contribution in [1.82, 2.24) is 9.78 Å². The summed E-state index contributed by atoms with van der Waals surface area (Å²) in [6.07, 6.45) is 0.0894. The zero-order valence-electron chi connectivity index (χ0n) is 10.5. The summed E-state index contributed by atoms with van der Waals surface area (Å²) < 4.78 is 19.9. The summed E-state index contributed by atoms with van der Waals surface area (Å²) in [5, 5.41) is 4.27. The third-order valence-electron chi connectivity index (χ3n) is 2.71. The van der Waals surface area contributed by atoms with Crippen LogP contribution < -0.4 is 0 Å². The zero-order valence-corrected chi connectivity index (χ0v) is 12.1. The van der Waals surface area contributed by atoms with E-state index in [1.807, 2.05) is 0 Å². The first kappa shape index (κ1) is 13.7. The summed E-state index contributed by atoms with van der Waals surface area (Å²) in [4.78, 5) is 11.3. The Labute approximate surface area is 118 Å². The van der Waals surface area contributed by atoms with Gasteiger partial charge in [0.25, 0.3) is 0 Å². The molecule has 2 rings (SSSR count). The van der Waals surface area contributed by atoms with E-state index in [0.717, 1.165) is 11.3 Å². The molecule has 4 nitrogen and oxygen atoms in total. The Balaban J connectivity index is 2.41. The van der Waals surface area contributed by atoms with Gasteiger partial charge in [-0.25, -0.2) is 4.39 Å². The van der Waals surface area contributed by atoms with Crippen molar-refractivity contribution >= 4 is 21.9 Å². The molecule has 0 fully saturated rings. The summed E-state index contributed by atoms with van der Waals surface area (Å²) in [6.45, 7) is 0. The van der Waals surface area contributed by atoms with Gasteiger partial charge in [-0.1, -0.05) is 0 Å². The topological polar surface area (TPSA) is 44.1 Å². The van der Waals surface area contributed by atoms with E-state index in [-0.39, 0.29) is 18.2 Å². The second-order valence-corrected chi connectivity index (χ2v) is 4.79. The van der Waals surface area contributed by atoms with Gasteiger partial charge in [0, 0.05) is 12.6 Å². The number of hydrogen-bond acceptors (Lipinski definition) is 3. The van der Waals surface area contributed by atoms with Gasteiger partial charge < -0.3 is 4.74 Å². The molecule has 2 aromatic rings. The highest BCUT2D eigenvalue weighted by Crippen LogP contribution is 2.31. The van der Waals surface area contributed by atoms with Crippen LogP contribution in [0, 0.1) is 5.82 Å². The molecule has 1 aromatic heterocycles. The Morgan fingerprint density at radius 3 is 2.63 bits per heavy atom. The molecule has 100 valence electrons. The summed E-state index contributed by atoms with van der Waals surface area (Å²) in [6, 6.07) is 6.10. The molecule has 0 N–H and O–H groups in total. The first-order valence-electron chi connectivity index (χ1n) is 5.57. The monoisotopic (exact) mass is 326 g/mol. The number of methoxy groups -OCH3 is 1. The molecule has 0 spiro atoms. The minimum absolute atomic E-state index is 0.0894. The van der Waals surface area contributed by atoms with Gasteiger partial charge in [0.2, 0.25) is 0 Å².